The molecule has 0 saturated heterocycles. The standard InChI is InChI=1S/C4H8O2.C3H6Cl2O/c1-2-3-4(5)6;4-1-3(5)2-6/h2-3H2,1H3,(H,5,6);3,6H,1-2H2. The number of halogens is 2. The Bertz CT molecular complexity index is 105. The number of alkyl halides is 2. The molecule has 0 rings (SSSR count). The molecule has 0 saturated carbocycles. The van der Waals surface area contributed by atoms with Gasteiger partial charge in [-0.05, 0) is 6.42 Å². The fourth-order valence-corrected chi connectivity index (χ4v) is 0.360. The molecule has 0 aromatic carbocycles. The third-order valence-corrected chi connectivity index (χ3v) is 1.65. The van der Waals surface area contributed by atoms with Crippen molar-refractivity contribution in [2.24, 2.45) is 0 Å². The molecule has 0 radical (unpaired) electrons. The van der Waals surface area contributed by atoms with Gasteiger partial charge < -0.3 is 10.2 Å². The number of hydrogen-bond donors (Lipinski definition) is 2. The van der Waals surface area contributed by atoms with Crippen LogP contribution in [0.15, 0.2) is 0 Å². The second kappa shape index (κ2) is 11.0. The molecule has 12 heavy (non-hydrogen) atoms. The number of rotatable bonds is 4. The average Bonchev–Trinajstić information content (AvgIpc) is 2.04. The number of hydrogen-bond acceptors (Lipinski definition) is 2. The second-order valence-electron chi connectivity index (χ2n) is 2.08. The Kier molecular flexibility index (Phi) is 13.3. The maximum Gasteiger partial charge on any atom is 0.303 e. The van der Waals surface area contributed by atoms with Crippen molar-refractivity contribution in [3.05, 3.63) is 0 Å². The zero-order chi connectivity index (χ0) is 9.98. The lowest BCUT2D eigenvalue weighted by molar-refractivity contribution is -0.137. The summed E-state index contributed by atoms with van der Waals surface area (Å²) in [5.41, 5.74) is 0. The molecule has 0 aromatic heterocycles. The summed E-state index contributed by atoms with van der Waals surface area (Å²) in [7, 11) is 0. The first-order valence-electron chi connectivity index (χ1n) is 3.61. The molecule has 0 heterocycles. The Morgan fingerprint density at radius 1 is 1.58 bits per heavy atom. The summed E-state index contributed by atoms with van der Waals surface area (Å²) < 4.78 is 0. The van der Waals surface area contributed by atoms with Crippen LogP contribution < -0.4 is 0 Å². The van der Waals surface area contributed by atoms with E-state index in [1.165, 1.54) is 0 Å². The van der Waals surface area contributed by atoms with Gasteiger partial charge in [0.05, 0.1) is 12.0 Å². The Morgan fingerprint density at radius 3 is 2.08 bits per heavy atom. The molecule has 1 unspecified atom stereocenters. The van der Waals surface area contributed by atoms with E-state index in [0.717, 1.165) is 6.42 Å². The molecular weight excluding hydrogens is 203 g/mol. The van der Waals surface area contributed by atoms with E-state index >= 15 is 0 Å². The van der Waals surface area contributed by atoms with E-state index < -0.39 is 5.97 Å². The van der Waals surface area contributed by atoms with Gasteiger partial charge in [0.2, 0.25) is 0 Å². The zero-order valence-electron chi connectivity index (χ0n) is 6.96. The number of carbonyl (C=O) groups is 1. The molecule has 5 heteroatoms. The van der Waals surface area contributed by atoms with E-state index in [1.807, 2.05) is 6.92 Å². The first-order chi connectivity index (χ1) is 5.58. The molecule has 74 valence electrons. The third-order valence-electron chi connectivity index (χ3n) is 0.829. The van der Waals surface area contributed by atoms with Crippen molar-refractivity contribution >= 4 is 29.2 Å². The molecule has 0 aliphatic heterocycles. The molecule has 0 aliphatic rings. The summed E-state index contributed by atoms with van der Waals surface area (Å²) in [5, 5.41) is 15.8. The Morgan fingerprint density at radius 2 is 2.08 bits per heavy atom. The number of carboxylic acids is 1. The van der Waals surface area contributed by atoms with Crippen LogP contribution in [0.25, 0.3) is 0 Å². The number of carboxylic acid groups (broad SMARTS) is 1. The second-order valence-corrected chi connectivity index (χ2v) is 3.00. The number of aliphatic hydroxyl groups is 1. The van der Waals surface area contributed by atoms with Gasteiger partial charge in [0.15, 0.2) is 0 Å². The lowest BCUT2D eigenvalue weighted by atomic mass is 10.4. The third kappa shape index (κ3) is 16.5. The quantitative estimate of drug-likeness (QED) is 0.704. The Labute approximate surface area is 82.3 Å². The molecule has 0 fully saturated rings. The molecule has 1 atom stereocenters. The maximum atomic E-state index is 9.60. The van der Waals surface area contributed by atoms with Crippen molar-refractivity contribution in [2.75, 3.05) is 12.5 Å². The highest BCUT2D eigenvalue weighted by molar-refractivity contribution is 6.28. The Balaban J connectivity index is 0. The topological polar surface area (TPSA) is 57.5 Å². The van der Waals surface area contributed by atoms with Gasteiger partial charge in [-0.2, -0.15) is 0 Å². The van der Waals surface area contributed by atoms with Gasteiger partial charge in [-0.15, -0.1) is 23.2 Å². The predicted molar refractivity (Wildman–Crippen MR) is 50.0 cm³/mol. The van der Waals surface area contributed by atoms with Crippen LogP contribution in [0.3, 0.4) is 0 Å². The van der Waals surface area contributed by atoms with Crippen LogP contribution in [0.2, 0.25) is 0 Å². The maximum absolute atomic E-state index is 9.60. The molecular formula is C7H14Cl2O3. The van der Waals surface area contributed by atoms with Crippen molar-refractivity contribution in [2.45, 2.75) is 25.1 Å². The van der Waals surface area contributed by atoms with Gasteiger partial charge in [0.25, 0.3) is 0 Å². The van der Waals surface area contributed by atoms with Crippen LogP contribution in [0.1, 0.15) is 19.8 Å². The van der Waals surface area contributed by atoms with Crippen LogP contribution in [0.5, 0.6) is 0 Å². The van der Waals surface area contributed by atoms with Crippen molar-refractivity contribution in [3.63, 3.8) is 0 Å². The first kappa shape index (κ1) is 14.5. The summed E-state index contributed by atoms with van der Waals surface area (Å²) in [6.45, 7) is 1.80. The molecule has 0 aliphatic carbocycles. The lowest BCUT2D eigenvalue weighted by Gasteiger charge is -1.93. The van der Waals surface area contributed by atoms with Crippen LogP contribution in [-0.2, 0) is 4.79 Å². The summed E-state index contributed by atoms with van der Waals surface area (Å²) in [6, 6.07) is 0. The summed E-state index contributed by atoms with van der Waals surface area (Å²) in [6.07, 6.45) is 1.02. The minimum atomic E-state index is -0.711. The highest BCUT2D eigenvalue weighted by Gasteiger charge is 1.95. The summed E-state index contributed by atoms with van der Waals surface area (Å²) in [4.78, 5) is 9.60. The van der Waals surface area contributed by atoms with Gasteiger partial charge in [-0.3, -0.25) is 4.79 Å². The van der Waals surface area contributed by atoms with Crippen LogP contribution in [0.4, 0.5) is 0 Å². The fourth-order valence-electron chi connectivity index (χ4n) is 0.263. The van der Waals surface area contributed by atoms with Crippen LogP contribution in [0, 0.1) is 0 Å². The molecule has 0 bridgehead atoms. The van der Waals surface area contributed by atoms with Gasteiger partial charge in [-0.1, -0.05) is 6.92 Å². The van der Waals surface area contributed by atoms with E-state index in [2.05, 4.69) is 0 Å². The normalized spacial score (nSPS) is 11.3. The van der Waals surface area contributed by atoms with E-state index in [9.17, 15) is 4.79 Å². The largest absolute Gasteiger partial charge is 0.481 e. The van der Waals surface area contributed by atoms with Crippen molar-refractivity contribution in [1.82, 2.24) is 0 Å². The van der Waals surface area contributed by atoms with Crippen molar-refractivity contribution in [1.29, 1.82) is 0 Å². The zero-order valence-corrected chi connectivity index (χ0v) is 8.48. The average molecular weight is 217 g/mol. The number of aliphatic carboxylic acids is 1. The molecule has 2 N–H and O–H groups in total. The number of aliphatic hydroxyl groups excluding tert-OH is 1. The van der Waals surface area contributed by atoms with E-state index in [1.54, 1.807) is 0 Å². The smallest absolute Gasteiger partial charge is 0.303 e. The van der Waals surface area contributed by atoms with E-state index in [-0.39, 0.29) is 12.0 Å². The minimum Gasteiger partial charge on any atom is -0.481 e. The molecule has 0 amide bonds. The van der Waals surface area contributed by atoms with Crippen LogP contribution >= 0.6 is 23.2 Å². The fraction of sp³-hybridized carbons (Fsp3) is 0.857. The highest BCUT2D eigenvalue weighted by Crippen LogP contribution is 1.94. The van der Waals surface area contributed by atoms with E-state index in [0.29, 0.717) is 12.3 Å². The first-order valence-corrected chi connectivity index (χ1v) is 4.58. The molecule has 0 spiro atoms. The lowest BCUT2D eigenvalue weighted by Crippen LogP contribution is -2.04. The minimum absolute atomic E-state index is 0.0367. The molecule has 0 aromatic rings. The van der Waals surface area contributed by atoms with E-state index in [4.69, 9.17) is 33.4 Å². The monoisotopic (exact) mass is 216 g/mol. The molecule has 3 nitrogen and oxygen atoms in total. The summed E-state index contributed by atoms with van der Waals surface area (Å²) >= 11 is 10.4. The van der Waals surface area contributed by atoms with Gasteiger partial charge >= 0.3 is 5.97 Å². The van der Waals surface area contributed by atoms with Gasteiger partial charge in [-0.25, -0.2) is 0 Å². The highest BCUT2D eigenvalue weighted by atomic mass is 35.5. The van der Waals surface area contributed by atoms with Gasteiger partial charge in [0, 0.05) is 12.3 Å². The van der Waals surface area contributed by atoms with Crippen molar-refractivity contribution in [3.8, 4) is 0 Å². The van der Waals surface area contributed by atoms with Gasteiger partial charge in [0.1, 0.15) is 0 Å². The van der Waals surface area contributed by atoms with Crippen molar-refractivity contribution < 1.29 is 15.0 Å². The SMILES string of the molecule is CCCC(=O)O.OCC(Cl)CCl. The predicted octanol–water partition coefficient (Wildman–Crippen LogP) is 1.70. The Hall–Kier alpha value is 0.01000. The van der Waals surface area contributed by atoms with Crippen LogP contribution in [-0.4, -0.2) is 34.0 Å². The summed E-state index contributed by atoms with van der Waals surface area (Å²) in [5.74, 6) is -0.393.